The molecule has 2 aromatic carbocycles. The maximum atomic E-state index is 10.4. The van der Waals surface area contributed by atoms with Crippen LogP contribution in [-0.2, 0) is 4.79 Å². The molecular weight excluding hydrogens is 256 g/mol. The SMILES string of the molecule is CC(O)c1cccc(-c2ccc(OCC(=O)O)cc2)c1. The van der Waals surface area contributed by atoms with Crippen LogP contribution >= 0.6 is 0 Å². The lowest BCUT2D eigenvalue weighted by Gasteiger charge is -2.09. The number of hydrogen-bond acceptors (Lipinski definition) is 3. The van der Waals surface area contributed by atoms with Gasteiger partial charge >= 0.3 is 5.97 Å². The highest BCUT2D eigenvalue weighted by molar-refractivity contribution is 5.69. The van der Waals surface area contributed by atoms with Crippen LogP contribution in [0.5, 0.6) is 5.75 Å². The number of aliphatic hydroxyl groups excluding tert-OH is 1. The topological polar surface area (TPSA) is 66.8 Å². The lowest BCUT2D eigenvalue weighted by molar-refractivity contribution is -0.139. The zero-order chi connectivity index (χ0) is 14.5. The fourth-order valence-electron chi connectivity index (χ4n) is 1.87. The van der Waals surface area contributed by atoms with E-state index in [0.29, 0.717) is 5.75 Å². The van der Waals surface area contributed by atoms with Gasteiger partial charge in [-0.3, -0.25) is 0 Å². The molecule has 0 amide bonds. The highest BCUT2D eigenvalue weighted by atomic mass is 16.5. The predicted octanol–water partition coefficient (Wildman–Crippen LogP) is 2.87. The van der Waals surface area contributed by atoms with Crippen LogP contribution in [0.25, 0.3) is 11.1 Å². The number of aliphatic hydroxyl groups is 1. The molecule has 0 radical (unpaired) electrons. The summed E-state index contributed by atoms with van der Waals surface area (Å²) in [7, 11) is 0. The second kappa shape index (κ2) is 6.21. The van der Waals surface area contributed by atoms with Crippen LogP contribution in [0.15, 0.2) is 48.5 Å². The highest BCUT2D eigenvalue weighted by Crippen LogP contribution is 2.25. The minimum absolute atomic E-state index is 0.350. The van der Waals surface area contributed by atoms with E-state index in [0.717, 1.165) is 16.7 Å². The molecule has 20 heavy (non-hydrogen) atoms. The van der Waals surface area contributed by atoms with Crippen molar-refractivity contribution in [1.29, 1.82) is 0 Å². The van der Waals surface area contributed by atoms with Crippen molar-refractivity contribution in [3.8, 4) is 16.9 Å². The van der Waals surface area contributed by atoms with Gasteiger partial charge in [0.25, 0.3) is 0 Å². The summed E-state index contributed by atoms with van der Waals surface area (Å²) in [6.07, 6.45) is -0.506. The van der Waals surface area contributed by atoms with Crippen molar-refractivity contribution < 1.29 is 19.7 Å². The monoisotopic (exact) mass is 272 g/mol. The minimum Gasteiger partial charge on any atom is -0.482 e. The highest BCUT2D eigenvalue weighted by Gasteiger charge is 2.04. The van der Waals surface area contributed by atoms with Gasteiger partial charge in [0.2, 0.25) is 0 Å². The average Bonchev–Trinajstić information content (AvgIpc) is 2.46. The van der Waals surface area contributed by atoms with Crippen molar-refractivity contribution >= 4 is 5.97 Å². The molecule has 0 aliphatic carbocycles. The maximum absolute atomic E-state index is 10.4. The van der Waals surface area contributed by atoms with Crippen molar-refractivity contribution in [1.82, 2.24) is 0 Å². The second-order valence-electron chi connectivity index (χ2n) is 4.51. The summed E-state index contributed by atoms with van der Waals surface area (Å²) in [6, 6.07) is 14.8. The fraction of sp³-hybridized carbons (Fsp3) is 0.188. The van der Waals surface area contributed by atoms with Gasteiger partial charge in [-0.25, -0.2) is 4.79 Å². The molecule has 0 bridgehead atoms. The van der Waals surface area contributed by atoms with Crippen LogP contribution < -0.4 is 4.74 Å². The fourth-order valence-corrected chi connectivity index (χ4v) is 1.87. The predicted molar refractivity (Wildman–Crippen MR) is 75.6 cm³/mol. The van der Waals surface area contributed by atoms with Crippen molar-refractivity contribution in [3.05, 3.63) is 54.1 Å². The molecule has 0 heterocycles. The summed E-state index contributed by atoms with van der Waals surface area (Å²) in [4.78, 5) is 10.4. The average molecular weight is 272 g/mol. The summed E-state index contributed by atoms with van der Waals surface area (Å²) >= 11 is 0. The van der Waals surface area contributed by atoms with Gasteiger partial charge in [-0.05, 0) is 41.8 Å². The number of rotatable bonds is 5. The number of ether oxygens (including phenoxy) is 1. The molecule has 0 fully saturated rings. The molecule has 4 heteroatoms. The number of benzene rings is 2. The summed E-state index contributed by atoms with van der Waals surface area (Å²) in [5.74, 6) is -0.485. The molecule has 2 rings (SSSR count). The summed E-state index contributed by atoms with van der Waals surface area (Å²) in [6.45, 7) is 1.37. The van der Waals surface area contributed by atoms with E-state index < -0.39 is 12.1 Å². The van der Waals surface area contributed by atoms with E-state index in [9.17, 15) is 9.90 Å². The Morgan fingerprint density at radius 1 is 1.15 bits per heavy atom. The number of carboxylic acids is 1. The molecule has 0 saturated heterocycles. The molecule has 0 spiro atoms. The van der Waals surface area contributed by atoms with Crippen molar-refractivity contribution in [2.75, 3.05) is 6.61 Å². The standard InChI is InChI=1S/C16H16O4/c1-11(17)13-3-2-4-14(9-13)12-5-7-15(8-6-12)20-10-16(18)19/h2-9,11,17H,10H2,1H3,(H,18,19). The molecule has 0 aliphatic heterocycles. The number of carboxylic acid groups (broad SMARTS) is 1. The van der Waals surface area contributed by atoms with E-state index in [1.54, 1.807) is 19.1 Å². The molecule has 2 N–H and O–H groups in total. The molecule has 1 atom stereocenters. The van der Waals surface area contributed by atoms with E-state index in [-0.39, 0.29) is 6.61 Å². The number of hydrogen-bond donors (Lipinski definition) is 2. The Balaban J connectivity index is 2.17. The summed E-state index contributed by atoms with van der Waals surface area (Å²) in [5.41, 5.74) is 2.83. The second-order valence-corrected chi connectivity index (χ2v) is 4.51. The van der Waals surface area contributed by atoms with Crippen LogP contribution in [0.3, 0.4) is 0 Å². The van der Waals surface area contributed by atoms with E-state index in [4.69, 9.17) is 9.84 Å². The Labute approximate surface area is 117 Å². The van der Waals surface area contributed by atoms with E-state index in [1.165, 1.54) is 0 Å². The van der Waals surface area contributed by atoms with Gasteiger partial charge in [0.1, 0.15) is 5.75 Å². The third-order valence-corrected chi connectivity index (χ3v) is 2.92. The Hall–Kier alpha value is -2.33. The molecule has 0 saturated carbocycles. The quantitative estimate of drug-likeness (QED) is 0.878. The molecule has 4 nitrogen and oxygen atoms in total. The van der Waals surface area contributed by atoms with Crippen LogP contribution in [0.1, 0.15) is 18.6 Å². The zero-order valence-corrected chi connectivity index (χ0v) is 11.1. The van der Waals surface area contributed by atoms with Gasteiger partial charge in [-0.2, -0.15) is 0 Å². The Morgan fingerprint density at radius 3 is 2.45 bits per heavy atom. The largest absolute Gasteiger partial charge is 0.482 e. The van der Waals surface area contributed by atoms with Crippen LogP contribution in [-0.4, -0.2) is 22.8 Å². The molecule has 0 aliphatic rings. The summed E-state index contributed by atoms with van der Waals surface area (Å²) < 4.78 is 5.08. The number of aliphatic carboxylic acids is 1. The van der Waals surface area contributed by atoms with Gasteiger partial charge in [0, 0.05) is 0 Å². The summed E-state index contributed by atoms with van der Waals surface area (Å²) in [5, 5.41) is 18.1. The Morgan fingerprint density at radius 2 is 1.85 bits per heavy atom. The van der Waals surface area contributed by atoms with Crippen molar-refractivity contribution in [3.63, 3.8) is 0 Å². The maximum Gasteiger partial charge on any atom is 0.341 e. The van der Waals surface area contributed by atoms with Gasteiger partial charge in [-0.15, -0.1) is 0 Å². The molecule has 0 aromatic heterocycles. The van der Waals surface area contributed by atoms with Gasteiger partial charge in [0.05, 0.1) is 6.10 Å². The third-order valence-electron chi connectivity index (χ3n) is 2.92. The first-order chi connectivity index (χ1) is 9.56. The van der Waals surface area contributed by atoms with Crippen molar-refractivity contribution in [2.24, 2.45) is 0 Å². The zero-order valence-electron chi connectivity index (χ0n) is 11.1. The molecule has 2 aromatic rings. The van der Waals surface area contributed by atoms with E-state index in [1.807, 2.05) is 36.4 Å². The normalized spacial score (nSPS) is 11.9. The van der Waals surface area contributed by atoms with E-state index >= 15 is 0 Å². The minimum atomic E-state index is -1.00. The molecular formula is C16H16O4. The van der Waals surface area contributed by atoms with Crippen molar-refractivity contribution in [2.45, 2.75) is 13.0 Å². The smallest absolute Gasteiger partial charge is 0.341 e. The number of carbonyl (C=O) groups is 1. The van der Waals surface area contributed by atoms with E-state index in [2.05, 4.69) is 0 Å². The Bertz CT molecular complexity index is 588. The first-order valence-electron chi connectivity index (χ1n) is 6.29. The van der Waals surface area contributed by atoms with Gasteiger partial charge < -0.3 is 14.9 Å². The van der Waals surface area contributed by atoms with Gasteiger partial charge in [0.15, 0.2) is 6.61 Å². The molecule has 104 valence electrons. The third kappa shape index (κ3) is 3.59. The van der Waals surface area contributed by atoms with Crippen LogP contribution in [0.4, 0.5) is 0 Å². The first kappa shape index (κ1) is 14.1. The first-order valence-corrected chi connectivity index (χ1v) is 6.29. The lowest BCUT2D eigenvalue weighted by atomic mass is 10.0. The Kier molecular flexibility index (Phi) is 4.38. The van der Waals surface area contributed by atoms with Crippen LogP contribution in [0.2, 0.25) is 0 Å². The molecule has 1 unspecified atom stereocenters. The van der Waals surface area contributed by atoms with Gasteiger partial charge in [-0.1, -0.05) is 30.3 Å². The van der Waals surface area contributed by atoms with Crippen LogP contribution in [0, 0.1) is 0 Å². The lowest BCUT2D eigenvalue weighted by Crippen LogP contribution is -2.09.